The summed E-state index contributed by atoms with van der Waals surface area (Å²) in [6.45, 7) is 1.53. The number of hydrogen-bond donors (Lipinski definition) is 0. The summed E-state index contributed by atoms with van der Waals surface area (Å²) < 4.78 is 6.26. The monoisotopic (exact) mass is 412 g/mol. The highest BCUT2D eigenvalue weighted by Crippen LogP contribution is 2.33. The molecule has 1 aromatic heterocycles. The number of likely N-dealkylation sites (tertiary alicyclic amines) is 1. The summed E-state index contributed by atoms with van der Waals surface area (Å²) in [7, 11) is 0. The standard InChI is InChI=1S/C21H20N2O3S2/c24-19(22-11-5-2-6-12-22)14-23-20(25)18(28-21(23)27)13-16-9-10-17(26-16)15-7-3-1-4-8-15/h1,3-4,7-10,13H,2,5-6,11-12,14H2/b18-13-. The summed E-state index contributed by atoms with van der Waals surface area (Å²) in [5.74, 6) is 1.05. The Hall–Kier alpha value is -2.38. The number of furan rings is 1. The van der Waals surface area contributed by atoms with E-state index in [1.807, 2.05) is 47.4 Å². The number of thioether (sulfide) groups is 1. The number of thiocarbonyl (C=S) groups is 1. The Morgan fingerprint density at radius 3 is 2.61 bits per heavy atom. The van der Waals surface area contributed by atoms with Crippen LogP contribution >= 0.6 is 24.0 Å². The molecule has 0 unspecified atom stereocenters. The first kappa shape index (κ1) is 19.0. The van der Waals surface area contributed by atoms with Gasteiger partial charge in [0.1, 0.15) is 22.4 Å². The van der Waals surface area contributed by atoms with Gasteiger partial charge in [-0.25, -0.2) is 0 Å². The first-order valence-electron chi connectivity index (χ1n) is 9.30. The van der Waals surface area contributed by atoms with Crippen LogP contribution in [0.15, 0.2) is 51.8 Å². The molecule has 0 aliphatic carbocycles. The van der Waals surface area contributed by atoms with E-state index in [9.17, 15) is 9.59 Å². The van der Waals surface area contributed by atoms with E-state index < -0.39 is 0 Å². The van der Waals surface area contributed by atoms with Gasteiger partial charge < -0.3 is 9.32 Å². The second-order valence-electron chi connectivity index (χ2n) is 6.78. The van der Waals surface area contributed by atoms with Gasteiger partial charge in [0.2, 0.25) is 5.91 Å². The lowest BCUT2D eigenvalue weighted by atomic mass is 10.1. The van der Waals surface area contributed by atoms with Gasteiger partial charge in [0.25, 0.3) is 5.91 Å². The van der Waals surface area contributed by atoms with Crippen molar-refractivity contribution in [3.8, 4) is 11.3 Å². The van der Waals surface area contributed by atoms with Crippen LogP contribution in [0.2, 0.25) is 0 Å². The smallest absolute Gasteiger partial charge is 0.266 e. The van der Waals surface area contributed by atoms with Gasteiger partial charge >= 0.3 is 0 Å². The molecular formula is C21H20N2O3S2. The molecule has 2 aliphatic rings. The largest absolute Gasteiger partial charge is 0.457 e. The van der Waals surface area contributed by atoms with Gasteiger partial charge in [-0.05, 0) is 31.4 Å². The fourth-order valence-electron chi connectivity index (χ4n) is 3.33. The van der Waals surface area contributed by atoms with Crippen LogP contribution in [0.4, 0.5) is 0 Å². The van der Waals surface area contributed by atoms with Crippen LogP contribution in [-0.2, 0) is 9.59 Å². The normalized spacial score (nSPS) is 18.9. The number of amides is 2. The lowest BCUT2D eigenvalue weighted by Gasteiger charge is -2.28. The second kappa shape index (κ2) is 8.32. The molecule has 0 radical (unpaired) electrons. The van der Waals surface area contributed by atoms with E-state index in [4.69, 9.17) is 16.6 Å². The average Bonchev–Trinajstić information content (AvgIpc) is 3.30. The molecule has 0 saturated carbocycles. The SMILES string of the molecule is O=C(CN1C(=O)/C(=C/c2ccc(-c3ccccc3)o2)SC1=S)N1CCCCC1. The minimum Gasteiger partial charge on any atom is -0.457 e. The van der Waals surface area contributed by atoms with Crippen molar-refractivity contribution in [1.82, 2.24) is 9.80 Å². The molecule has 2 aliphatic heterocycles. The molecule has 2 amide bonds. The third-order valence-corrected chi connectivity index (χ3v) is 6.21. The van der Waals surface area contributed by atoms with Crippen molar-refractivity contribution in [2.75, 3.05) is 19.6 Å². The summed E-state index contributed by atoms with van der Waals surface area (Å²) >= 11 is 6.55. The van der Waals surface area contributed by atoms with Crippen molar-refractivity contribution >= 4 is 46.2 Å². The summed E-state index contributed by atoms with van der Waals surface area (Å²) in [4.78, 5) is 28.9. The molecule has 2 fully saturated rings. The summed E-state index contributed by atoms with van der Waals surface area (Å²) in [5.41, 5.74) is 0.974. The quantitative estimate of drug-likeness (QED) is 0.558. The minimum atomic E-state index is -0.238. The molecule has 1 aromatic carbocycles. The fraction of sp³-hybridized carbons (Fsp3) is 0.286. The number of nitrogens with zero attached hydrogens (tertiary/aromatic N) is 2. The predicted octanol–water partition coefficient (Wildman–Crippen LogP) is 4.16. The molecule has 2 saturated heterocycles. The molecule has 0 N–H and O–H groups in total. The predicted molar refractivity (Wildman–Crippen MR) is 114 cm³/mol. The topological polar surface area (TPSA) is 53.8 Å². The van der Waals surface area contributed by atoms with Gasteiger partial charge in [-0.1, -0.05) is 54.3 Å². The zero-order valence-electron chi connectivity index (χ0n) is 15.3. The second-order valence-corrected chi connectivity index (χ2v) is 8.45. The Bertz CT molecular complexity index is 930. The van der Waals surface area contributed by atoms with E-state index in [1.165, 1.54) is 16.7 Å². The number of benzene rings is 1. The lowest BCUT2D eigenvalue weighted by molar-refractivity contribution is -0.136. The van der Waals surface area contributed by atoms with Crippen LogP contribution in [0.3, 0.4) is 0 Å². The van der Waals surface area contributed by atoms with Crippen molar-refractivity contribution in [1.29, 1.82) is 0 Å². The molecule has 4 rings (SSSR count). The fourth-order valence-corrected chi connectivity index (χ4v) is 4.57. The van der Waals surface area contributed by atoms with Crippen LogP contribution in [0, 0.1) is 0 Å². The molecule has 3 heterocycles. The van der Waals surface area contributed by atoms with Crippen LogP contribution < -0.4 is 0 Å². The maximum Gasteiger partial charge on any atom is 0.266 e. The van der Waals surface area contributed by atoms with E-state index in [-0.39, 0.29) is 18.4 Å². The highest BCUT2D eigenvalue weighted by Gasteiger charge is 2.34. The maximum absolute atomic E-state index is 12.8. The van der Waals surface area contributed by atoms with Crippen molar-refractivity contribution in [3.05, 3.63) is 53.1 Å². The van der Waals surface area contributed by atoms with Gasteiger partial charge in [-0.2, -0.15) is 0 Å². The molecule has 0 atom stereocenters. The lowest BCUT2D eigenvalue weighted by Crippen LogP contribution is -2.44. The summed E-state index contributed by atoms with van der Waals surface area (Å²) in [6.07, 6.45) is 4.89. The Morgan fingerprint density at radius 2 is 1.86 bits per heavy atom. The highest BCUT2D eigenvalue weighted by atomic mass is 32.2. The third kappa shape index (κ3) is 4.05. The van der Waals surface area contributed by atoms with Crippen molar-refractivity contribution < 1.29 is 14.0 Å². The van der Waals surface area contributed by atoms with Crippen molar-refractivity contribution in [2.45, 2.75) is 19.3 Å². The van der Waals surface area contributed by atoms with Gasteiger partial charge in [0.05, 0.1) is 4.91 Å². The molecule has 2 aromatic rings. The Kier molecular flexibility index (Phi) is 5.64. The van der Waals surface area contributed by atoms with Gasteiger partial charge in [0.15, 0.2) is 0 Å². The van der Waals surface area contributed by atoms with Gasteiger partial charge in [-0.3, -0.25) is 14.5 Å². The molecular weight excluding hydrogens is 392 g/mol. The van der Waals surface area contributed by atoms with Crippen molar-refractivity contribution in [2.24, 2.45) is 0 Å². The first-order chi connectivity index (χ1) is 13.6. The summed E-state index contributed by atoms with van der Waals surface area (Å²) in [5, 5.41) is 0. The number of carbonyl (C=O) groups is 2. The molecule has 0 bridgehead atoms. The van der Waals surface area contributed by atoms with E-state index >= 15 is 0 Å². The van der Waals surface area contributed by atoms with Crippen LogP contribution in [0.25, 0.3) is 17.4 Å². The number of rotatable bonds is 4. The zero-order chi connectivity index (χ0) is 19.5. The minimum absolute atomic E-state index is 0.00935. The maximum atomic E-state index is 12.8. The highest BCUT2D eigenvalue weighted by molar-refractivity contribution is 8.26. The number of piperidine rings is 1. The van der Waals surface area contributed by atoms with Gasteiger partial charge in [-0.15, -0.1) is 0 Å². The van der Waals surface area contributed by atoms with Crippen LogP contribution in [0.1, 0.15) is 25.0 Å². The average molecular weight is 413 g/mol. The molecule has 0 spiro atoms. The molecule has 28 heavy (non-hydrogen) atoms. The molecule has 144 valence electrons. The first-order valence-corrected chi connectivity index (χ1v) is 10.5. The van der Waals surface area contributed by atoms with E-state index in [1.54, 1.807) is 6.08 Å². The molecule has 5 nitrogen and oxygen atoms in total. The van der Waals surface area contributed by atoms with E-state index in [0.717, 1.165) is 43.7 Å². The van der Waals surface area contributed by atoms with Crippen LogP contribution in [0.5, 0.6) is 0 Å². The Balaban J connectivity index is 1.46. The summed E-state index contributed by atoms with van der Waals surface area (Å²) in [6, 6.07) is 13.5. The Morgan fingerprint density at radius 1 is 1.11 bits per heavy atom. The Labute approximate surface area is 173 Å². The number of hydrogen-bond acceptors (Lipinski definition) is 5. The molecule has 7 heteroatoms. The van der Waals surface area contributed by atoms with E-state index in [0.29, 0.717) is 15.0 Å². The van der Waals surface area contributed by atoms with Crippen molar-refractivity contribution in [3.63, 3.8) is 0 Å². The van der Waals surface area contributed by atoms with Gasteiger partial charge in [0, 0.05) is 24.7 Å². The number of carbonyl (C=O) groups excluding carboxylic acids is 2. The third-order valence-electron chi connectivity index (χ3n) is 4.83. The van der Waals surface area contributed by atoms with Crippen LogP contribution in [-0.4, -0.2) is 45.6 Å². The van der Waals surface area contributed by atoms with E-state index in [2.05, 4.69) is 0 Å². The zero-order valence-corrected chi connectivity index (χ0v) is 16.9.